The molecule has 0 atom stereocenters. The third-order valence-electron chi connectivity index (χ3n) is 4.38. The first-order chi connectivity index (χ1) is 12.2. The van der Waals surface area contributed by atoms with E-state index in [1.54, 1.807) is 0 Å². The molecule has 25 heavy (non-hydrogen) atoms. The molecule has 5 nitrogen and oxygen atoms in total. The maximum Gasteiger partial charge on any atom is 0.156 e. The minimum absolute atomic E-state index is 0.594. The Morgan fingerprint density at radius 2 is 1.96 bits per heavy atom. The van der Waals surface area contributed by atoms with Crippen LogP contribution in [0.3, 0.4) is 0 Å². The number of nitrogens with one attached hydrogen (secondary N) is 1. The summed E-state index contributed by atoms with van der Waals surface area (Å²) in [5.74, 6) is 0. The molecule has 5 heteroatoms. The summed E-state index contributed by atoms with van der Waals surface area (Å²) in [5, 5.41) is 14.0. The number of aromatic nitrogens is 2. The first-order valence-corrected chi connectivity index (χ1v) is 8.30. The molecule has 0 aliphatic rings. The average Bonchev–Trinajstić information content (AvgIpc) is 3.00. The summed E-state index contributed by atoms with van der Waals surface area (Å²) < 4.78 is 2.08. The third-order valence-corrected chi connectivity index (χ3v) is 4.38. The van der Waals surface area contributed by atoms with Gasteiger partial charge in [0.2, 0.25) is 0 Å². The number of hydrogen-bond donors (Lipinski definition) is 1. The molecule has 2 heterocycles. The van der Waals surface area contributed by atoms with E-state index >= 15 is 0 Å². The Kier molecular flexibility index (Phi) is 3.75. The Morgan fingerprint density at radius 3 is 2.76 bits per heavy atom. The largest absolute Gasteiger partial charge is 0.384 e. The van der Waals surface area contributed by atoms with Gasteiger partial charge in [-0.05, 0) is 44.4 Å². The van der Waals surface area contributed by atoms with E-state index in [1.807, 2.05) is 30.3 Å². The predicted octanol–water partition coefficient (Wildman–Crippen LogP) is 3.49. The minimum Gasteiger partial charge on any atom is -0.384 e. The molecule has 0 saturated carbocycles. The van der Waals surface area contributed by atoms with Gasteiger partial charge in [-0.1, -0.05) is 18.2 Å². The van der Waals surface area contributed by atoms with Gasteiger partial charge in [0.05, 0.1) is 22.1 Å². The van der Waals surface area contributed by atoms with Gasteiger partial charge in [-0.3, -0.25) is 4.40 Å². The van der Waals surface area contributed by atoms with E-state index in [1.165, 1.54) is 0 Å². The van der Waals surface area contributed by atoms with Crippen molar-refractivity contribution in [3.8, 4) is 6.07 Å². The van der Waals surface area contributed by atoms with E-state index in [0.717, 1.165) is 40.7 Å². The zero-order valence-electron chi connectivity index (χ0n) is 14.3. The Labute approximate surface area is 146 Å². The molecular formula is C20H19N5. The second kappa shape index (κ2) is 6.08. The van der Waals surface area contributed by atoms with E-state index in [2.05, 4.69) is 58.0 Å². The number of fused-ring (bicyclic) bond motifs is 5. The van der Waals surface area contributed by atoms with Crippen LogP contribution in [0.25, 0.3) is 27.6 Å². The monoisotopic (exact) mass is 329 g/mol. The summed E-state index contributed by atoms with van der Waals surface area (Å²) in [5.41, 5.74) is 5.34. The number of pyridine rings is 1. The number of imidazole rings is 1. The van der Waals surface area contributed by atoms with Crippen LogP contribution < -0.4 is 5.32 Å². The second-order valence-corrected chi connectivity index (χ2v) is 6.43. The molecule has 0 bridgehead atoms. The minimum atomic E-state index is 0.594. The maximum absolute atomic E-state index is 9.52. The van der Waals surface area contributed by atoms with Crippen molar-refractivity contribution >= 4 is 33.3 Å². The van der Waals surface area contributed by atoms with Gasteiger partial charge >= 0.3 is 0 Å². The van der Waals surface area contributed by atoms with Crippen LogP contribution in [-0.2, 0) is 0 Å². The molecule has 0 unspecified atom stereocenters. The molecule has 0 aliphatic heterocycles. The summed E-state index contributed by atoms with van der Waals surface area (Å²) >= 11 is 0. The summed E-state index contributed by atoms with van der Waals surface area (Å²) in [6, 6.07) is 18.4. The van der Waals surface area contributed by atoms with Gasteiger partial charge in [0.25, 0.3) is 0 Å². The summed E-state index contributed by atoms with van der Waals surface area (Å²) in [6.07, 6.45) is 0. The number of likely N-dealkylation sites (N-methyl/N-ethyl adjacent to an activating group) is 1. The number of nitriles is 1. The van der Waals surface area contributed by atoms with Crippen LogP contribution in [0.1, 0.15) is 5.56 Å². The molecule has 2 aromatic heterocycles. The summed E-state index contributed by atoms with van der Waals surface area (Å²) in [6.45, 7) is 1.84. The molecule has 0 aliphatic carbocycles. The van der Waals surface area contributed by atoms with Gasteiger partial charge in [-0.15, -0.1) is 0 Å². The van der Waals surface area contributed by atoms with Crippen LogP contribution in [0.5, 0.6) is 0 Å². The quantitative estimate of drug-likeness (QED) is 0.623. The molecule has 4 aromatic rings. The molecule has 0 amide bonds. The third kappa shape index (κ3) is 2.67. The van der Waals surface area contributed by atoms with Gasteiger partial charge < -0.3 is 10.2 Å². The van der Waals surface area contributed by atoms with Gasteiger partial charge in [0, 0.05) is 24.2 Å². The number of anilines is 1. The standard InChI is InChI=1S/C20H19N5/c1-24(2)10-9-22-16-8-7-14-11-15(13-21)20-23-17-5-3-4-6-18(17)25(20)19(14)12-16/h3-8,11-12,22H,9-10H2,1-2H3. The van der Waals surface area contributed by atoms with Gasteiger partial charge in [-0.2, -0.15) is 5.26 Å². The Balaban J connectivity index is 1.94. The maximum atomic E-state index is 9.52. The highest BCUT2D eigenvalue weighted by Gasteiger charge is 2.12. The molecule has 0 fully saturated rings. The highest BCUT2D eigenvalue weighted by Crippen LogP contribution is 2.27. The van der Waals surface area contributed by atoms with E-state index < -0.39 is 0 Å². The predicted molar refractivity (Wildman–Crippen MR) is 102 cm³/mol. The van der Waals surface area contributed by atoms with Crippen LogP contribution in [0.15, 0.2) is 48.5 Å². The van der Waals surface area contributed by atoms with Gasteiger partial charge in [0.1, 0.15) is 6.07 Å². The second-order valence-electron chi connectivity index (χ2n) is 6.43. The van der Waals surface area contributed by atoms with Gasteiger partial charge in [-0.25, -0.2) is 4.98 Å². The molecular weight excluding hydrogens is 310 g/mol. The zero-order valence-corrected chi connectivity index (χ0v) is 14.3. The van der Waals surface area contributed by atoms with Crippen LogP contribution in [0.2, 0.25) is 0 Å². The molecule has 4 rings (SSSR count). The fraction of sp³-hybridized carbons (Fsp3) is 0.200. The molecule has 2 aromatic carbocycles. The Bertz CT molecular complexity index is 1120. The molecule has 0 radical (unpaired) electrons. The summed E-state index contributed by atoms with van der Waals surface area (Å²) in [4.78, 5) is 6.81. The molecule has 0 saturated heterocycles. The zero-order chi connectivity index (χ0) is 17.4. The van der Waals surface area contributed by atoms with E-state index in [9.17, 15) is 5.26 Å². The lowest BCUT2D eigenvalue weighted by atomic mass is 10.1. The van der Waals surface area contributed by atoms with Crippen molar-refractivity contribution in [3.05, 3.63) is 54.1 Å². The van der Waals surface area contributed by atoms with Crippen LogP contribution >= 0.6 is 0 Å². The van der Waals surface area contributed by atoms with Crippen LogP contribution in [-0.4, -0.2) is 41.5 Å². The van der Waals surface area contributed by atoms with E-state index in [4.69, 9.17) is 0 Å². The van der Waals surface area contributed by atoms with Crippen molar-refractivity contribution in [1.82, 2.24) is 14.3 Å². The average molecular weight is 329 g/mol. The SMILES string of the molecule is CN(C)CCNc1ccc2cc(C#N)c3nc4ccccc4n3c2c1. The van der Waals surface area contributed by atoms with Crippen LogP contribution in [0.4, 0.5) is 5.69 Å². The van der Waals surface area contributed by atoms with Gasteiger partial charge in [0.15, 0.2) is 5.65 Å². The van der Waals surface area contributed by atoms with E-state index in [-0.39, 0.29) is 0 Å². The van der Waals surface area contributed by atoms with Crippen molar-refractivity contribution in [1.29, 1.82) is 5.26 Å². The van der Waals surface area contributed by atoms with Crippen molar-refractivity contribution in [2.45, 2.75) is 0 Å². The van der Waals surface area contributed by atoms with Crippen molar-refractivity contribution in [3.63, 3.8) is 0 Å². The highest BCUT2D eigenvalue weighted by atomic mass is 15.1. The number of benzene rings is 2. The highest BCUT2D eigenvalue weighted by molar-refractivity contribution is 5.94. The number of hydrogen-bond acceptors (Lipinski definition) is 4. The molecule has 0 spiro atoms. The van der Waals surface area contributed by atoms with Crippen LogP contribution in [0, 0.1) is 11.3 Å². The Morgan fingerprint density at radius 1 is 1.12 bits per heavy atom. The smallest absolute Gasteiger partial charge is 0.156 e. The summed E-state index contributed by atoms with van der Waals surface area (Å²) in [7, 11) is 4.12. The van der Waals surface area contributed by atoms with Crippen molar-refractivity contribution in [2.75, 3.05) is 32.5 Å². The lowest BCUT2D eigenvalue weighted by Crippen LogP contribution is -2.20. The fourth-order valence-electron chi connectivity index (χ4n) is 3.15. The fourth-order valence-corrected chi connectivity index (χ4v) is 3.15. The molecule has 1 N–H and O–H groups in total. The normalized spacial score (nSPS) is 11.4. The first kappa shape index (κ1) is 15.4. The number of para-hydroxylation sites is 2. The lowest BCUT2D eigenvalue weighted by molar-refractivity contribution is 0.425. The Hall–Kier alpha value is -3.10. The van der Waals surface area contributed by atoms with Crippen molar-refractivity contribution < 1.29 is 0 Å². The number of rotatable bonds is 4. The lowest BCUT2D eigenvalue weighted by Gasteiger charge is -2.12. The van der Waals surface area contributed by atoms with E-state index in [0.29, 0.717) is 11.2 Å². The van der Waals surface area contributed by atoms with Crippen molar-refractivity contribution in [2.24, 2.45) is 0 Å². The number of nitrogens with zero attached hydrogens (tertiary/aromatic N) is 4. The molecule has 124 valence electrons. The topological polar surface area (TPSA) is 56.4 Å². The first-order valence-electron chi connectivity index (χ1n) is 8.30.